The molecule has 5 rings (SSSR count). The van der Waals surface area contributed by atoms with Crippen molar-refractivity contribution in [2.75, 3.05) is 12.3 Å². The number of benzene rings is 1. The summed E-state index contributed by atoms with van der Waals surface area (Å²) in [6.07, 6.45) is -4.49. The minimum absolute atomic E-state index is 0.116. The van der Waals surface area contributed by atoms with Gasteiger partial charge in [-0.2, -0.15) is 9.98 Å². The number of guanidine groups is 1. The Morgan fingerprint density at radius 2 is 2.03 bits per heavy atom. The predicted molar refractivity (Wildman–Crippen MR) is 109 cm³/mol. The van der Waals surface area contributed by atoms with Crippen molar-refractivity contribution in [3.63, 3.8) is 0 Å². The Bertz CT molecular complexity index is 1100. The fourth-order valence-corrected chi connectivity index (χ4v) is 5.54. The fourth-order valence-electron chi connectivity index (χ4n) is 3.59. The SMILES string of the molecule is NC1=NC(=O)C2N=C(Sc3ccccc3N)N(C3OC4COP(=O)(O)OC4C3O)C2=N1. The van der Waals surface area contributed by atoms with E-state index in [0.717, 1.165) is 11.8 Å². The van der Waals surface area contributed by atoms with Gasteiger partial charge in [-0.1, -0.05) is 12.1 Å². The van der Waals surface area contributed by atoms with Crippen LogP contribution < -0.4 is 11.5 Å². The number of carbonyl (C=O) groups is 1. The molecule has 15 heteroatoms. The number of ether oxygens (including phenoxy) is 1. The number of phosphoric acid groups is 1. The van der Waals surface area contributed by atoms with Crippen LogP contribution in [0.1, 0.15) is 0 Å². The molecule has 13 nitrogen and oxygen atoms in total. The zero-order valence-electron chi connectivity index (χ0n) is 15.6. The van der Waals surface area contributed by atoms with Gasteiger partial charge in [0.15, 0.2) is 23.3 Å². The van der Waals surface area contributed by atoms with E-state index in [1.54, 1.807) is 24.3 Å². The van der Waals surface area contributed by atoms with Gasteiger partial charge in [0.1, 0.15) is 18.3 Å². The molecule has 4 aliphatic rings. The second-order valence-electron chi connectivity index (χ2n) is 6.99. The Hall–Kier alpha value is -2.32. The molecule has 6 atom stereocenters. The number of aliphatic hydroxyl groups is 1. The Labute approximate surface area is 179 Å². The molecule has 1 amide bonds. The van der Waals surface area contributed by atoms with Crippen LogP contribution in [0, 0.1) is 0 Å². The number of fused-ring (bicyclic) bond motifs is 2. The molecule has 31 heavy (non-hydrogen) atoms. The number of thioether (sulfide) groups is 1. The van der Waals surface area contributed by atoms with Crippen LogP contribution in [0.5, 0.6) is 0 Å². The lowest BCUT2D eigenvalue weighted by Gasteiger charge is -2.30. The van der Waals surface area contributed by atoms with E-state index >= 15 is 0 Å². The van der Waals surface area contributed by atoms with Gasteiger partial charge in [-0.15, -0.1) is 0 Å². The van der Waals surface area contributed by atoms with Crippen LogP contribution >= 0.6 is 19.6 Å². The molecule has 0 aliphatic carbocycles. The molecular formula is C16H17N6O7PS. The maximum atomic E-state index is 12.4. The van der Waals surface area contributed by atoms with E-state index in [0.29, 0.717) is 10.6 Å². The minimum Gasteiger partial charge on any atom is -0.398 e. The van der Waals surface area contributed by atoms with E-state index in [1.165, 1.54) is 4.90 Å². The number of nitrogen functional groups attached to an aromatic ring is 1. The molecule has 0 radical (unpaired) electrons. The first-order valence-corrected chi connectivity index (χ1v) is 11.4. The summed E-state index contributed by atoms with van der Waals surface area (Å²) in [5.41, 5.74) is 12.2. The molecular weight excluding hydrogens is 451 g/mol. The number of amides is 1. The van der Waals surface area contributed by atoms with Crippen LogP contribution in [-0.4, -0.2) is 75.0 Å². The van der Waals surface area contributed by atoms with E-state index < -0.39 is 44.3 Å². The number of hydrogen-bond donors (Lipinski definition) is 4. The summed E-state index contributed by atoms with van der Waals surface area (Å²) in [4.78, 5) is 36.3. The number of hydrogen-bond acceptors (Lipinski definition) is 12. The molecule has 0 aromatic heterocycles. The molecule has 1 aromatic carbocycles. The first-order chi connectivity index (χ1) is 14.7. The number of nitrogens with zero attached hydrogens (tertiary/aromatic N) is 4. The Balaban J connectivity index is 1.52. The van der Waals surface area contributed by atoms with Gasteiger partial charge in [-0.3, -0.25) is 18.7 Å². The number of carbonyl (C=O) groups excluding carboxylic acids is 1. The molecule has 0 spiro atoms. The van der Waals surface area contributed by atoms with E-state index in [2.05, 4.69) is 15.0 Å². The maximum absolute atomic E-state index is 12.4. The Morgan fingerprint density at radius 1 is 1.26 bits per heavy atom. The third kappa shape index (κ3) is 3.55. The summed E-state index contributed by atoms with van der Waals surface area (Å²) >= 11 is 1.14. The number of aliphatic imine (C=N–C) groups is 3. The van der Waals surface area contributed by atoms with Crippen molar-refractivity contribution in [2.45, 2.75) is 35.5 Å². The lowest BCUT2D eigenvalue weighted by atomic mass is 10.1. The van der Waals surface area contributed by atoms with Gasteiger partial charge in [0, 0.05) is 10.6 Å². The van der Waals surface area contributed by atoms with Crippen molar-refractivity contribution < 1.29 is 33.1 Å². The van der Waals surface area contributed by atoms with E-state index in [9.17, 15) is 19.4 Å². The Morgan fingerprint density at radius 3 is 2.81 bits per heavy atom. The predicted octanol–water partition coefficient (Wildman–Crippen LogP) is -0.744. The Kier molecular flexibility index (Phi) is 4.90. The minimum atomic E-state index is -4.31. The molecule has 0 bridgehead atoms. The number of para-hydroxylation sites is 1. The van der Waals surface area contributed by atoms with Gasteiger partial charge < -0.3 is 26.2 Å². The maximum Gasteiger partial charge on any atom is 0.472 e. The number of rotatable bonds is 2. The van der Waals surface area contributed by atoms with Crippen molar-refractivity contribution in [1.82, 2.24) is 4.90 Å². The first kappa shape index (κ1) is 20.6. The zero-order chi connectivity index (χ0) is 21.9. The topological polar surface area (TPSA) is 195 Å². The van der Waals surface area contributed by atoms with E-state index in [-0.39, 0.29) is 23.6 Å². The molecule has 6 N–H and O–H groups in total. The highest BCUT2D eigenvalue weighted by atomic mass is 32.2. The van der Waals surface area contributed by atoms with Crippen LogP contribution in [0.25, 0.3) is 0 Å². The van der Waals surface area contributed by atoms with E-state index in [4.69, 9.17) is 25.3 Å². The van der Waals surface area contributed by atoms with Gasteiger partial charge in [-0.05, 0) is 23.9 Å². The normalized spacial score (nSPS) is 37.1. The average Bonchev–Trinajstić information content (AvgIpc) is 3.20. The van der Waals surface area contributed by atoms with Crippen molar-refractivity contribution in [2.24, 2.45) is 20.7 Å². The van der Waals surface area contributed by atoms with Crippen molar-refractivity contribution in [1.29, 1.82) is 0 Å². The lowest BCUT2D eigenvalue weighted by molar-refractivity contribution is -0.117. The highest BCUT2D eigenvalue weighted by Crippen LogP contribution is 2.52. The van der Waals surface area contributed by atoms with Crippen LogP contribution in [0.4, 0.5) is 5.69 Å². The quantitative estimate of drug-likeness (QED) is 0.315. The van der Waals surface area contributed by atoms with E-state index in [1.807, 2.05) is 0 Å². The van der Waals surface area contributed by atoms with Gasteiger partial charge in [0.25, 0.3) is 5.91 Å². The standard InChI is InChI=1S/C16H17N6O7PS/c17-6-3-1-2-4-8(6)31-16-19-9-12(20-15(18)21-13(9)24)22(16)14-10(23)11-7(28-14)5-27-30(25,26)29-11/h1-4,7,9-11,14,23H,5,17H2,(H,25,26)(H2,18,21,24). The van der Waals surface area contributed by atoms with Crippen LogP contribution in [-0.2, 0) is 23.1 Å². The molecule has 6 unspecified atom stereocenters. The van der Waals surface area contributed by atoms with Gasteiger partial charge >= 0.3 is 7.82 Å². The second-order valence-corrected chi connectivity index (χ2v) is 9.41. The number of phosphoric ester groups is 1. The number of amidine groups is 2. The van der Waals surface area contributed by atoms with Crippen molar-refractivity contribution >= 4 is 48.1 Å². The summed E-state index contributed by atoms with van der Waals surface area (Å²) in [6.45, 7) is -0.260. The highest BCUT2D eigenvalue weighted by molar-refractivity contribution is 8.14. The molecule has 2 saturated heterocycles. The summed E-state index contributed by atoms with van der Waals surface area (Å²) in [6, 6.07) is 5.96. The molecule has 0 saturated carbocycles. The number of anilines is 1. The van der Waals surface area contributed by atoms with Gasteiger partial charge in [-0.25, -0.2) is 9.56 Å². The van der Waals surface area contributed by atoms with Crippen LogP contribution in [0.2, 0.25) is 0 Å². The second kappa shape index (κ2) is 7.38. The molecule has 164 valence electrons. The van der Waals surface area contributed by atoms with Crippen molar-refractivity contribution in [3.05, 3.63) is 24.3 Å². The van der Waals surface area contributed by atoms with Crippen LogP contribution in [0.15, 0.2) is 44.1 Å². The summed E-state index contributed by atoms with van der Waals surface area (Å²) in [5, 5.41) is 11.1. The molecule has 2 fully saturated rings. The monoisotopic (exact) mass is 468 g/mol. The molecule has 4 aliphatic heterocycles. The molecule has 1 aromatic rings. The third-order valence-corrected chi connectivity index (χ3v) is 7.03. The number of aliphatic hydroxyl groups excluding tert-OH is 1. The summed E-state index contributed by atoms with van der Waals surface area (Å²) < 4.78 is 27.5. The summed E-state index contributed by atoms with van der Waals surface area (Å²) in [7, 11) is -4.31. The number of nitrogens with two attached hydrogens (primary N) is 2. The first-order valence-electron chi connectivity index (χ1n) is 9.09. The third-order valence-electron chi connectivity index (χ3n) is 4.97. The zero-order valence-corrected chi connectivity index (χ0v) is 17.3. The highest BCUT2D eigenvalue weighted by Gasteiger charge is 2.56. The van der Waals surface area contributed by atoms with Gasteiger partial charge in [0.2, 0.25) is 5.96 Å². The average molecular weight is 468 g/mol. The van der Waals surface area contributed by atoms with Crippen molar-refractivity contribution in [3.8, 4) is 0 Å². The lowest BCUT2D eigenvalue weighted by Crippen LogP contribution is -2.51. The fraction of sp³-hybridized carbons (Fsp3) is 0.375. The summed E-state index contributed by atoms with van der Waals surface area (Å²) in [5.74, 6) is -0.759. The van der Waals surface area contributed by atoms with Gasteiger partial charge in [0.05, 0.1) is 6.61 Å². The van der Waals surface area contributed by atoms with Crippen LogP contribution in [0.3, 0.4) is 0 Å². The molecule has 4 heterocycles. The largest absolute Gasteiger partial charge is 0.472 e. The smallest absolute Gasteiger partial charge is 0.398 e.